The van der Waals surface area contributed by atoms with Crippen molar-refractivity contribution in [2.75, 3.05) is 11.9 Å². The van der Waals surface area contributed by atoms with Crippen LogP contribution in [0.4, 0.5) is 10.2 Å². The zero-order chi connectivity index (χ0) is 18.5. The summed E-state index contributed by atoms with van der Waals surface area (Å²) in [5.74, 6) is 0.383. The van der Waals surface area contributed by atoms with Crippen LogP contribution in [0, 0.1) is 12.7 Å². The van der Waals surface area contributed by atoms with Crippen molar-refractivity contribution < 1.29 is 18.5 Å². The lowest BCUT2D eigenvalue weighted by molar-refractivity contribution is -0.136. The summed E-state index contributed by atoms with van der Waals surface area (Å²) in [6, 6.07) is 7.72. The highest BCUT2D eigenvalue weighted by molar-refractivity contribution is 5.96. The first-order valence-electron chi connectivity index (χ1n) is 8.81. The second kappa shape index (κ2) is 8.12. The minimum absolute atomic E-state index is 0.0738. The van der Waals surface area contributed by atoms with E-state index in [1.807, 2.05) is 0 Å². The van der Waals surface area contributed by atoms with Gasteiger partial charge >= 0.3 is 0 Å². The van der Waals surface area contributed by atoms with Crippen LogP contribution in [0.25, 0.3) is 0 Å². The van der Waals surface area contributed by atoms with Crippen LogP contribution in [0.2, 0.25) is 0 Å². The van der Waals surface area contributed by atoms with Gasteiger partial charge in [0.15, 0.2) is 5.82 Å². The Kier molecular flexibility index (Phi) is 5.65. The topological polar surface area (TPSA) is 75.4 Å². The SMILES string of the molecule is Cc1cc(NC(=O)C2CCCN2C(=O)CCCc2ccccc2F)no1. The van der Waals surface area contributed by atoms with Crippen LogP contribution in [0.5, 0.6) is 0 Å². The molecular weight excluding hydrogens is 337 g/mol. The van der Waals surface area contributed by atoms with Gasteiger partial charge < -0.3 is 14.7 Å². The maximum Gasteiger partial charge on any atom is 0.248 e. The van der Waals surface area contributed by atoms with Gasteiger partial charge in [0.05, 0.1) is 0 Å². The van der Waals surface area contributed by atoms with Gasteiger partial charge in [0.1, 0.15) is 17.6 Å². The number of hydrogen-bond acceptors (Lipinski definition) is 4. The minimum Gasteiger partial charge on any atom is -0.360 e. The molecule has 26 heavy (non-hydrogen) atoms. The molecule has 1 aliphatic rings. The highest BCUT2D eigenvalue weighted by atomic mass is 19.1. The van der Waals surface area contributed by atoms with Gasteiger partial charge in [0, 0.05) is 19.0 Å². The summed E-state index contributed by atoms with van der Waals surface area (Å²) in [6.45, 7) is 2.30. The van der Waals surface area contributed by atoms with Gasteiger partial charge in [-0.3, -0.25) is 9.59 Å². The highest BCUT2D eigenvalue weighted by Crippen LogP contribution is 2.21. The Morgan fingerprint density at radius 3 is 2.92 bits per heavy atom. The van der Waals surface area contributed by atoms with Crippen LogP contribution < -0.4 is 5.32 Å². The fourth-order valence-corrected chi connectivity index (χ4v) is 3.25. The lowest BCUT2D eigenvalue weighted by Crippen LogP contribution is -2.43. The summed E-state index contributed by atoms with van der Waals surface area (Å²) in [5, 5.41) is 6.43. The molecule has 1 fully saturated rings. The third-order valence-corrected chi connectivity index (χ3v) is 4.55. The van der Waals surface area contributed by atoms with E-state index in [1.165, 1.54) is 6.07 Å². The summed E-state index contributed by atoms with van der Waals surface area (Å²) in [6.07, 6.45) is 2.76. The molecule has 1 saturated heterocycles. The number of hydrogen-bond donors (Lipinski definition) is 1. The van der Waals surface area contributed by atoms with Crippen molar-refractivity contribution >= 4 is 17.6 Å². The Balaban J connectivity index is 1.52. The van der Waals surface area contributed by atoms with Gasteiger partial charge in [-0.2, -0.15) is 0 Å². The number of carbonyl (C=O) groups is 2. The molecule has 6 nitrogen and oxygen atoms in total. The number of likely N-dealkylation sites (tertiary alicyclic amines) is 1. The number of rotatable bonds is 6. The largest absolute Gasteiger partial charge is 0.360 e. The summed E-state index contributed by atoms with van der Waals surface area (Å²) in [4.78, 5) is 26.6. The number of amides is 2. The van der Waals surface area contributed by atoms with Crippen molar-refractivity contribution in [3.63, 3.8) is 0 Å². The fourth-order valence-electron chi connectivity index (χ4n) is 3.25. The van der Waals surface area contributed by atoms with Crippen LogP contribution in [-0.2, 0) is 16.0 Å². The van der Waals surface area contributed by atoms with Crippen molar-refractivity contribution in [3.05, 3.63) is 47.5 Å². The van der Waals surface area contributed by atoms with Crippen molar-refractivity contribution in [1.82, 2.24) is 10.1 Å². The van der Waals surface area contributed by atoms with Crippen LogP contribution in [-0.4, -0.2) is 34.5 Å². The summed E-state index contributed by atoms with van der Waals surface area (Å²) in [7, 11) is 0. The van der Waals surface area contributed by atoms with Crippen LogP contribution in [0.15, 0.2) is 34.9 Å². The van der Waals surface area contributed by atoms with E-state index >= 15 is 0 Å². The van der Waals surface area contributed by atoms with E-state index < -0.39 is 6.04 Å². The van der Waals surface area contributed by atoms with Gasteiger partial charge in [0.25, 0.3) is 0 Å². The minimum atomic E-state index is -0.493. The summed E-state index contributed by atoms with van der Waals surface area (Å²) >= 11 is 0. The van der Waals surface area contributed by atoms with Crippen LogP contribution in [0.1, 0.15) is 37.0 Å². The van der Waals surface area contributed by atoms with E-state index in [4.69, 9.17) is 4.52 Å². The summed E-state index contributed by atoms with van der Waals surface area (Å²) < 4.78 is 18.6. The van der Waals surface area contributed by atoms with Crippen molar-refractivity contribution in [2.45, 2.75) is 45.1 Å². The molecule has 2 amide bonds. The van der Waals surface area contributed by atoms with Gasteiger partial charge in [0.2, 0.25) is 11.8 Å². The molecule has 138 valence electrons. The molecule has 0 radical (unpaired) electrons. The predicted molar refractivity (Wildman–Crippen MR) is 93.9 cm³/mol. The monoisotopic (exact) mass is 359 g/mol. The number of carbonyl (C=O) groups excluding carboxylic acids is 2. The Morgan fingerprint density at radius 1 is 1.38 bits per heavy atom. The first-order valence-corrected chi connectivity index (χ1v) is 8.81. The first kappa shape index (κ1) is 18.1. The smallest absolute Gasteiger partial charge is 0.248 e. The molecule has 1 N–H and O–H groups in total. The van der Waals surface area contributed by atoms with E-state index in [2.05, 4.69) is 10.5 Å². The van der Waals surface area contributed by atoms with E-state index in [-0.39, 0.29) is 17.6 Å². The number of aromatic nitrogens is 1. The van der Waals surface area contributed by atoms with Crippen molar-refractivity contribution in [3.8, 4) is 0 Å². The Bertz CT molecular complexity index is 790. The Morgan fingerprint density at radius 2 is 2.19 bits per heavy atom. The number of benzene rings is 1. The van der Waals surface area contributed by atoms with Crippen molar-refractivity contribution in [1.29, 1.82) is 0 Å². The van der Waals surface area contributed by atoms with Gasteiger partial charge in [-0.15, -0.1) is 0 Å². The highest BCUT2D eigenvalue weighted by Gasteiger charge is 2.34. The molecule has 1 aliphatic heterocycles. The molecule has 0 aliphatic carbocycles. The quantitative estimate of drug-likeness (QED) is 0.860. The molecule has 1 aromatic carbocycles. The third kappa shape index (κ3) is 4.28. The molecule has 0 spiro atoms. The molecule has 2 aromatic rings. The zero-order valence-corrected chi connectivity index (χ0v) is 14.7. The number of nitrogens with one attached hydrogen (secondary N) is 1. The second-order valence-electron chi connectivity index (χ2n) is 6.50. The fraction of sp³-hybridized carbons (Fsp3) is 0.421. The van der Waals surface area contributed by atoms with Crippen LogP contribution in [0.3, 0.4) is 0 Å². The summed E-state index contributed by atoms with van der Waals surface area (Å²) in [5.41, 5.74) is 0.609. The molecule has 3 rings (SSSR count). The lowest BCUT2D eigenvalue weighted by Gasteiger charge is -2.23. The molecule has 1 atom stereocenters. The average molecular weight is 359 g/mol. The molecule has 1 aromatic heterocycles. The third-order valence-electron chi connectivity index (χ3n) is 4.55. The van der Waals surface area contributed by atoms with E-state index in [1.54, 1.807) is 36.1 Å². The van der Waals surface area contributed by atoms with E-state index in [9.17, 15) is 14.0 Å². The molecule has 1 unspecified atom stereocenters. The molecule has 2 heterocycles. The molecule has 0 saturated carbocycles. The maximum atomic E-state index is 13.6. The Hall–Kier alpha value is -2.70. The number of anilines is 1. The normalized spacial score (nSPS) is 16.7. The number of aryl methyl sites for hydroxylation is 2. The molecule has 0 bridgehead atoms. The van der Waals surface area contributed by atoms with Gasteiger partial charge in [-0.1, -0.05) is 23.4 Å². The molecular formula is C19H22FN3O3. The van der Waals surface area contributed by atoms with E-state index in [0.29, 0.717) is 49.4 Å². The number of nitrogens with zero attached hydrogens (tertiary/aromatic N) is 2. The zero-order valence-electron chi connectivity index (χ0n) is 14.7. The maximum absolute atomic E-state index is 13.6. The predicted octanol–water partition coefficient (Wildman–Crippen LogP) is 3.07. The second-order valence-corrected chi connectivity index (χ2v) is 6.50. The molecule has 7 heteroatoms. The van der Waals surface area contributed by atoms with Crippen molar-refractivity contribution in [2.24, 2.45) is 0 Å². The van der Waals surface area contributed by atoms with E-state index in [0.717, 1.165) is 6.42 Å². The standard InChI is InChI=1S/C19H22FN3O3/c1-13-12-17(22-26-13)21-19(25)16-9-5-11-23(16)18(24)10-4-7-14-6-2-3-8-15(14)20/h2-3,6,8,12,16H,4-5,7,9-11H2,1H3,(H,21,22,25). The average Bonchev–Trinajstić information content (AvgIpc) is 3.25. The Labute approximate surface area is 151 Å². The van der Waals surface area contributed by atoms with Crippen LogP contribution >= 0.6 is 0 Å². The lowest BCUT2D eigenvalue weighted by atomic mass is 10.1. The van der Waals surface area contributed by atoms with Gasteiger partial charge in [-0.25, -0.2) is 4.39 Å². The first-order chi connectivity index (χ1) is 12.5. The van der Waals surface area contributed by atoms with Gasteiger partial charge in [-0.05, 0) is 44.2 Å². The number of halogens is 1.